The zero-order chi connectivity index (χ0) is 13.2. The predicted molar refractivity (Wildman–Crippen MR) is 75.2 cm³/mol. The summed E-state index contributed by atoms with van der Waals surface area (Å²) in [7, 11) is 0. The Morgan fingerprint density at radius 2 is 2.00 bits per heavy atom. The zero-order valence-corrected chi connectivity index (χ0v) is 11.7. The number of hydrogen-bond donors (Lipinski definition) is 1. The van der Waals surface area contributed by atoms with E-state index in [1.807, 2.05) is 6.92 Å². The van der Waals surface area contributed by atoms with Crippen molar-refractivity contribution in [3.05, 3.63) is 29.2 Å². The van der Waals surface area contributed by atoms with Crippen LogP contribution in [0.15, 0.2) is 12.1 Å². The van der Waals surface area contributed by atoms with Crippen molar-refractivity contribution in [2.24, 2.45) is 0 Å². The van der Waals surface area contributed by atoms with Crippen LogP contribution >= 0.6 is 0 Å². The lowest BCUT2D eigenvalue weighted by Crippen LogP contribution is -2.42. The highest BCUT2D eigenvalue weighted by Gasteiger charge is 2.12. The van der Waals surface area contributed by atoms with Gasteiger partial charge < -0.3 is 5.32 Å². The zero-order valence-electron chi connectivity index (χ0n) is 11.7. The van der Waals surface area contributed by atoms with E-state index in [4.69, 9.17) is 0 Å². The first-order valence-electron chi connectivity index (χ1n) is 7.04. The fourth-order valence-corrected chi connectivity index (χ4v) is 2.79. The number of nitrogens with zero attached hydrogens (tertiary/aromatic N) is 4. The Balaban J connectivity index is 1.91. The van der Waals surface area contributed by atoms with Gasteiger partial charge in [-0.1, -0.05) is 6.92 Å². The quantitative estimate of drug-likeness (QED) is 0.893. The molecule has 0 amide bonds. The molecule has 0 unspecified atom stereocenters. The fourth-order valence-electron chi connectivity index (χ4n) is 2.79. The third-order valence-corrected chi connectivity index (χ3v) is 3.78. The summed E-state index contributed by atoms with van der Waals surface area (Å²) >= 11 is 0. The second-order valence-corrected chi connectivity index (χ2v) is 5.18. The van der Waals surface area contributed by atoms with Gasteiger partial charge in [0.15, 0.2) is 5.65 Å². The molecular formula is C14H21N5. The van der Waals surface area contributed by atoms with E-state index < -0.39 is 0 Å². The van der Waals surface area contributed by atoms with Gasteiger partial charge in [-0.05, 0) is 31.0 Å². The Hall–Kier alpha value is -1.46. The van der Waals surface area contributed by atoms with Crippen LogP contribution in [0.3, 0.4) is 0 Å². The van der Waals surface area contributed by atoms with E-state index in [0.717, 1.165) is 50.6 Å². The van der Waals surface area contributed by atoms with Gasteiger partial charge in [0.2, 0.25) is 0 Å². The average molecular weight is 259 g/mol. The number of rotatable bonds is 3. The van der Waals surface area contributed by atoms with E-state index in [1.165, 1.54) is 11.3 Å². The van der Waals surface area contributed by atoms with Crippen LogP contribution in [0, 0.1) is 6.92 Å². The molecule has 5 nitrogen and oxygen atoms in total. The molecule has 102 valence electrons. The highest BCUT2D eigenvalue weighted by Crippen LogP contribution is 2.15. The van der Waals surface area contributed by atoms with Crippen molar-refractivity contribution in [3.8, 4) is 0 Å². The molecule has 2 aromatic heterocycles. The van der Waals surface area contributed by atoms with E-state index in [0.29, 0.717) is 0 Å². The smallest absolute Gasteiger partial charge is 0.161 e. The van der Waals surface area contributed by atoms with E-state index in [-0.39, 0.29) is 0 Å². The van der Waals surface area contributed by atoms with Gasteiger partial charge in [-0.25, -0.2) is 0 Å². The Labute approximate surface area is 113 Å². The lowest BCUT2D eigenvalue weighted by molar-refractivity contribution is 0.233. The third kappa shape index (κ3) is 2.48. The first-order chi connectivity index (χ1) is 9.28. The number of pyridine rings is 1. The molecule has 0 spiro atoms. The summed E-state index contributed by atoms with van der Waals surface area (Å²) in [6, 6.07) is 4.46. The lowest BCUT2D eigenvalue weighted by Gasteiger charge is -2.27. The highest BCUT2D eigenvalue weighted by molar-refractivity contribution is 5.44. The second-order valence-electron chi connectivity index (χ2n) is 5.18. The summed E-state index contributed by atoms with van der Waals surface area (Å²) in [6.07, 6.45) is 1.00. The number of nitrogens with one attached hydrogen (secondary N) is 1. The van der Waals surface area contributed by atoms with Crippen molar-refractivity contribution in [2.75, 3.05) is 26.2 Å². The minimum Gasteiger partial charge on any atom is -0.314 e. The van der Waals surface area contributed by atoms with Crippen molar-refractivity contribution in [2.45, 2.75) is 26.8 Å². The molecule has 1 aliphatic rings. The van der Waals surface area contributed by atoms with Crippen molar-refractivity contribution >= 4 is 5.65 Å². The van der Waals surface area contributed by atoms with E-state index in [2.05, 4.69) is 43.9 Å². The average Bonchev–Trinajstić information content (AvgIpc) is 2.81. The molecule has 5 heteroatoms. The molecule has 0 bridgehead atoms. The van der Waals surface area contributed by atoms with Gasteiger partial charge in [0.25, 0.3) is 0 Å². The van der Waals surface area contributed by atoms with Crippen LogP contribution in [-0.4, -0.2) is 45.7 Å². The van der Waals surface area contributed by atoms with Crippen LogP contribution in [0.4, 0.5) is 0 Å². The number of fused-ring (bicyclic) bond motifs is 1. The second kappa shape index (κ2) is 5.27. The molecule has 0 atom stereocenters. The van der Waals surface area contributed by atoms with Crippen LogP contribution in [0.2, 0.25) is 0 Å². The normalized spacial score (nSPS) is 17.2. The van der Waals surface area contributed by atoms with E-state index in [9.17, 15) is 0 Å². The highest BCUT2D eigenvalue weighted by atomic mass is 15.2. The predicted octanol–water partition coefficient (Wildman–Crippen LogP) is 1.01. The molecule has 1 fully saturated rings. The number of aryl methyl sites for hydroxylation is 2. The number of piperazine rings is 1. The molecule has 0 radical (unpaired) electrons. The molecule has 0 aliphatic carbocycles. The summed E-state index contributed by atoms with van der Waals surface area (Å²) in [5.74, 6) is 0.973. The van der Waals surface area contributed by atoms with Gasteiger partial charge in [-0.15, -0.1) is 10.2 Å². The summed E-state index contributed by atoms with van der Waals surface area (Å²) < 4.78 is 2.15. The standard InChI is InChI=1S/C14H21N5/c1-3-13-8-12(10-18-6-4-15-5-7-18)9-14-17-16-11(2)19(13)14/h8-9,15H,3-7,10H2,1-2H3. The minimum absolute atomic E-state index is 0.973. The van der Waals surface area contributed by atoms with Crippen molar-refractivity contribution in [1.82, 2.24) is 24.8 Å². The summed E-state index contributed by atoms with van der Waals surface area (Å²) in [5.41, 5.74) is 3.62. The van der Waals surface area contributed by atoms with E-state index in [1.54, 1.807) is 0 Å². The van der Waals surface area contributed by atoms with Gasteiger partial charge in [-0.3, -0.25) is 9.30 Å². The monoisotopic (exact) mass is 259 g/mol. The first-order valence-corrected chi connectivity index (χ1v) is 7.04. The third-order valence-electron chi connectivity index (χ3n) is 3.78. The molecule has 2 aromatic rings. The Morgan fingerprint density at radius 3 is 2.74 bits per heavy atom. The van der Waals surface area contributed by atoms with E-state index >= 15 is 0 Å². The van der Waals surface area contributed by atoms with Crippen LogP contribution < -0.4 is 5.32 Å². The van der Waals surface area contributed by atoms with Crippen molar-refractivity contribution in [1.29, 1.82) is 0 Å². The molecular weight excluding hydrogens is 238 g/mol. The first kappa shape index (κ1) is 12.6. The Kier molecular flexibility index (Phi) is 3.48. The molecule has 3 heterocycles. The molecule has 1 N–H and O–H groups in total. The minimum atomic E-state index is 0.973. The Bertz CT molecular complexity index is 568. The maximum atomic E-state index is 4.26. The van der Waals surface area contributed by atoms with Crippen molar-refractivity contribution in [3.63, 3.8) is 0 Å². The lowest BCUT2D eigenvalue weighted by atomic mass is 10.1. The van der Waals surface area contributed by atoms with Gasteiger partial charge in [0.05, 0.1) is 0 Å². The summed E-state index contributed by atoms with van der Waals surface area (Å²) in [5, 5.41) is 11.8. The largest absolute Gasteiger partial charge is 0.314 e. The molecule has 0 aromatic carbocycles. The molecule has 19 heavy (non-hydrogen) atoms. The fraction of sp³-hybridized carbons (Fsp3) is 0.571. The van der Waals surface area contributed by atoms with Crippen LogP contribution in [-0.2, 0) is 13.0 Å². The molecule has 0 saturated carbocycles. The topological polar surface area (TPSA) is 45.5 Å². The number of hydrogen-bond acceptors (Lipinski definition) is 4. The molecule has 3 rings (SSSR count). The molecule has 1 saturated heterocycles. The summed E-state index contributed by atoms with van der Waals surface area (Å²) in [6.45, 7) is 9.63. The van der Waals surface area contributed by atoms with Gasteiger partial charge in [0.1, 0.15) is 5.82 Å². The van der Waals surface area contributed by atoms with Gasteiger partial charge >= 0.3 is 0 Å². The van der Waals surface area contributed by atoms with Crippen LogP contribution in [0.1, 0.15) is 24.0 Å². The summed E-state index contributed by atoms with van der Waals surface area (Å²) in [4.78, 5) is 2.49. The van der Waals surface area contributed by atoms with Gasteiger partial charge in [0, 0.05) is 38.4 Å². The SMILES string of the molecule is CCc1cc(CN2CCNCC2)cc2nnc(C)n12. The van der Waals surface area contributed by atoms with Crippen LogP contribution in [0.5, 0.6) is 0 Å². The maximum absolute atomic E-state index is 4.26. The van der Waals surface area contributed by atoms with Crippen molar-refractivity contribution < 1.29 is 0 Å². The number of aromatic nitrogens is 3. The molecule has 1 aliphatic heterocycles. The Morgan fingerprint density at radius 1 is 1.21 bits per heavy atom. The van der Waals surface area contributed by atoms with Gasteiger partial charge in [-0.2, -0.15) is 0 Å². The van der Waals surface area contributed by atoms with Crippen LogP contribution in [0.25, 0.3) is 5.65 Å². The maximum Gasteiger partial charge on any atom is 0.161 e.